The van der Waals surface area contributed by atoms with E-state index in [9.17, 15) is 14.7 Å². The number of hydrogen-bond donors (Lipinski definition) is 3. The first kappa shape index (κ1) is 18.5. The van der Waals surface area contributed by atoms with E-state index < -0.39 is 18.6 Å². The number of benzene rings is 2. The normalized spacial score (nSPS) is 11.4. The van der Waals surface area contributed by atoms with Crippen LogP contribution < -0.4 is 15.4 Å². The van der Waals surface area contributed by atoms with Crippen LogP contribution in [0.5, 0.6) is 5.75 Å². The van der Waals surface area contributed by atoms with E-state index >= 15 is 0 Å². The Morgan fingerprint density at radius 1 is 1.04 bits per heavy atom. The predicted octanol–water partition coefficient (Wildman–Crippen LogP) is 1.03. The van der Waals surface area contributed by atoms with Gasteiger partial charge in [-0.25, -0.2) is 0 Å². The van der Waals surface area contributed by atoms with Crippen molar-refractivity contribution < 1.29 is 19.4 Å². The topological polar surface area (TPSA) is 87.7 Å². The highest BCUT2D eigenvalue weighted by molar-refractivity contribution is 5.88. The van der Waals surface area contributed by atoms with Crippen LogP contribution in [0.2, 0.25) is 0 Å². The van der Waals surface area contributed by atoms with Crippen molar-refractivity contribution >= 4 is 11.8 Å². The van der Waals surface area contributed by atoms with Gasteiger partial charge in [0.25, 0.3) is 0 Å². The van der Waals surface area contributed by atoms with Crippen LogP contribution in [-0.2, 0) is 22.6 Å². The Labute approximate surface area is 146 Å². The van der Waals surface area contributed by atoms with Crippen LogP contribution in [0.3, 0.4) is 0 Å². The second-order valence-electron chi connectivity index (χ2n) is 5.53. The van der Waals surface area contributed by atoms with Crippen LogP contribution >= 0.6 is 0 Å². The number of rotatable bonds is 8. The standard InChI is InChI=1S/C19H22N2O4/c1-25-16-9-7-14(8-10-16)11-18(23)21-17(13-22)19(24)20-12-15-5-3-2-4-6-15/h2-10,17,22H,11-13H2,1H3,(H,20,24)(H,21,23). The van der Waals surface area contributed by atoms with Gasteiger partial charge in [0, 0.05) is 6.54 Å². The molecular weight excluding hydrogens is 320 g/mol. The number of methoxy groups -OCH3 is 1. The van der Waals surface area contributed by atoms with Crippen LogP contribution in [-0.4, -0.2) is 36.7 Å². The summed E-state index contributed by atoms with van der Waals surface area (Å²) >= 11 is 0. The molecule has 1 unspecified atom stereocenters. The smallest absolute Gasteiger partial charge is 0.245 e. The summed E-state index contributed by atoms with van der Waals surface area (Å²) in [5.41, 5.74) is 1.73. The van der Waals surface area contributed by atoms with E-state index in [0.29, 0.717) is 12.3 Å². The third-order valence-corrected chi connectivity index (χ3v) is 3.67. The minimum absolute atomic E-state index is 0.118. The third-order valence-electron chi connectivity index (χ3n) is 3.67. The molecule has 6 nitrogen and oxygen atoms in total. The first-order valence-electron chi connectivity index (χ1n) is 7.97. The Bertz CT molecular complexity index is 686. The van der Waals surface area contributed by atoms with Crippen LogP contribution in [0.25, 0.3) is 0 Å². The number of aliphatic hydroxyl groups excluding tert-OH is 1. The zero-order valence-corrected chi connectivity index (χ0v) is 14.1. The SMILES string of the molecule is COc1ccc(CC(=O)NC(CO)C(=O)NCc2ccccc2)cc1. The molecule has 0 bridgehead atoms. The fourth-order valence-electron chi connectivity index (χ4n) is 2.28. The lowest BCUT2D eigenvalue weighted by molar-refractivity contribution is -0.129. The van der Waals surface area contributed by atoms with Gasteiger partial charge in [0.2, 0.25) is 11.8 Å². The van der Waals surface area contributed by atoms with Crippen molar-refractivity contribution in [3.05, 3.63) is 65.7 Å². The molecule has 1 atom stereocenters. The molecule has 0 fully saturated rings. The lowest BCUT2D eigenvalue weighted by Crippen LogP contribution is -2.49. The second kappa shape index (κ2) is 9.44. The molecule has 0 aliphatic carbocycles. The summed E-state index contributed by atoms with van der Waals surface area (Å²) in [6, 6.07) is 15.5. The summed E-state index contributed by atoms with van der Waals surface area (Å²) in [6.45, 7) is -0.125. The molecule has 132 valence electrons. The van der Waals surface area contributed by atoms with Crippen molar-refractivity contribution in [3.8, 4) is 5.75 Å². The summed E-state index contributed by atoms with van der Waals surface area (Å²) < 4.78 is 5.06. The number of nitrogens with one attached hydrogen (secondary N) is 2. The maximum atomic E-state index is 12.1. The molecule has 0 aromatic heterocycles. The largest absolute Gasteiger partial charge is 0.497 e. The molecule has 0 saturated heterocycles. The lowest BCUT2D eigenvalue weighted by atomic mass is 10.1. The van der Waals surface area contributed by atoms with Gasteiger partial charge in [-0.1, -0.05) is 42.5 Å². The van der Waals surface area contributed by atoms with Gasteiger partial charge in [0.1, 0.15) is 11.8 Å². The average molecular weight is 342 g/mol. The Kier molecular flexibility index (Phi) is 6.98. The van der Waals surface area contributed by atoms with Crippen molar-refractivity contribution in [2.75, 3.05) is 13.7 Å². The molecule has 0 heterocycles. The van der Waals surface area contributed by atoms with Crippen LogP contribution in [0.1, 0.15) is 11.1 Å². The maximum Gasteiger partial charge on any atom is 0.245 e. The Balaban J connectivity index is 1.84. The average Bonchev–Trinajstić information content (AvgIpc) is 2.65. The molecule has 2 aromatic carbocycles. The fraction of sp³-hybridized carbons (Fsp3) is 0.263. The van der Waals surface area contributed by atoms with Crippen molar-refractivity contribution in [1.29, 1.82) is 0 Å². The highest BCUT2D eigenvalue weighted by Crippen LogP contribution is 2.11. The van der Waals surface area contributed by atoms with Crippen molar-refractivity contribution in [2.45, 2.75) is 19.0 Å². The summed E-state index contributed by atoms with van der Waals surface area (Å²) in [7, 11) is 1.57. The molecule has 2 aromatic rings. The van der Waals surface area contributed by atoms with E-state index in [4.69, 9.17) is 4.74 Å². The Hall–Kier alpha value is -2.86. The minimum Gasteiger partial charge on any atom is -0.497 e. The first-order chi connectivity index (χ1) is 12.1. The van der Waals surface area contributed by atoms with Crippen LogP contribution in [0, 0.1) is 0 Å². The molecule has 0 aliphatic heterocycles. The number of amides is 2. The van der Waals surface area contributed by atoms with E-state index in [1.807, 2.05) is 30.3 Å². The monoisotopic (exact) mass is 342 g/mol. The zero-order chi connectivity index (χ0) is 18.1. The van der Waals surface area contributed by atoms with Gasteiger partial charge in [-0.05, 0) is 23.3 Å². The van der Waals surface area contributed by atoms with Gasteiger partial charge in [0.05, 0.1) is 20.1 Å². The number of hydrogen-bond acceptors (Lipinski definition) is 4. The fourth-order valence-corrected chi connectivity index (χ4v) is 2.28. The summed E-state index contributed by atoms with van der Waals surface area (Å²) in [5, 5.41) is 14.6. The van der Waals surface area contributed by atoms with Gasteiger partial charge in [-0.15, -0.1) is 0 Å². The third kappa shape index (κ3) is 5.93. The zero-order valence-electron chi connectivity index (χ0n) is 14.1. The quantitative estimate of drug-likeness (QED) is 0.669. The second-order valence-corrected chi connectivity index (χ2v) is 5.53. The van der Waals surface area contributed by atoms with Crippen molar-refractivity contribution in [1.82, 2.24) is 10.6 Å². The minimum atomic E-state index is -0.977. The Morgan fingerprint density at radius 3 is 2.32 bits per heavy atom. The lowest BCUT2D eigenvalue weighted by Gasteiger charge is -2.16. The first-order valence-corrected chi connectivity index (χ1v) is 7.97. The van der Waals surface area contributed by atoms with E-state index in [-0.39, 0.29) is 12.3 Å². The van der Waals surface area contributed by atoms with Gasteiger partial charge < -0.3 is 20.5 Å². The molecule has 0 radical (unpaired) electrons. The maximum absolute atomic E-state index is 12.1. The molecule has 3 N–H and O–H groups in total. The van der Waals surface area contributed by atoms with E-state index in [2.05, 4.69) is 10.6 Å². The van der Waals surface area contributed by atoms with Gasteiger partial charge >= 0.3 is 0 Å². The van der Waals surface area contributed by atoms with Gasteiger partial charge in [-0.2, -0.15) is 0 Å². The number of ether oxygens (including phenoxy) is 1. The molecule has 6 heteroatoms. The van der Waals surface area contributed by atoms with Crippen LogP contribution in [0.15, 0.2) is 54.6 Å². The Morgan fingerprint density at radius 2 is 1.72 bits per heavy atom. The van der Waals surface area contributed by atoms with Crippen molar-refractivity contribution in [2.24, 2.45) is 0 Å². The number of carbonyl (C=O) groups excluding carboxylic acids is 2. The van der Waals surface area contributed by atoms with Gasteiger partial charge in [0.15, 0.2) is 0 Å². The van der Waals surface area contributed by atoms with Gasteiger partial charge in [-0.3, -0.25) is 9.59 Å². The molecule has 0 aliphatic rings. The molecular formula is C19H22N2O4. The molecule has 2 amide bonds. The summed E-state index contributed by atoms with van der Waals surface area (Å²) in [4.78, 5) is 24.2. The molecule has 0 saturated carbocycles. The molecule has 2 rings (SSSR count). The molecule has 0 spiro atoms. The van der Waals surface area contributed by atoms with Crippen molar-refractivity contribution in [3.63, 3.8) is 0 Å². The van der Waals surface area contributed by atoms with E-state index in [1.165, 1.54) is 0 Å². The van der Waals surface area contributed by atoms with E-state index in [1.54, 1.807) is 31.4 Å². The highest BCUT2D eigenvalue weighted by Gasteiger charge is 2.19. The summed E-state index contributed by atoms with van der Waals surface area (Å²) in [6.07, 6.45) is 0.118. The number of carbonyl (C=O) groups is 2. The van der Waals surface area contributed by atoms with Crippen LogP contribution in [0.4, 0.5) is 0 Å². The molecule has 25 heavy (non-hydrogen) atoms. The number of aliphatic hydroxyl groups is 1. The highest BCUT2D eigenvalue weighted by atomic mass is 16.5. The predicted molar refractivity (Wildman–Crippen MR) is 94.0 cm³/mol. The summed E-state index contributed by atoms with van der Waals surface area (Å²) in [5.74, 6) is -0.0498. The van der Waals surface area contributed by atoms with E-state index in [0.717, 1.165) is 11.1 Å².